The first-order valence-corrected chi connectivity index (χ1v) is 14.1. The molecule has 0 bridgehead atoms. The molecule has 5 rings (SSSR count). The lowest BCUT2D eigenvalue weighted by molar-refractivity contribution is -0.132. The van der Waals surface area contributed by atoms with E-state index in [1.807, 2.05) is 55.1 Å². The molecular weight excluding hydrogens is 549 g/mol. The number of rotatable bonds is 9. The molecule has 222 valence electrons. The molecule has 4 heterocycles. The lowest BCUT2D eigenvalue weighted by Crippen LogP contribution is -2.42. The highest BCUT2D eigenvalue weighted by Crippen LogP contribution is 2.33. The van der Waals surface area contributed by atoms with Gasteiger partial charge in [0.2, 0.25) is 5.91 Å². The van der Waals surface area contributed by atoms with Crippen molar-refractivity contribution in [1.29, 1.82) is 5.26 Å². The molecule has 1 aliphatic heterocycles. The van der Waals surface area contributed by atoms with Gasteiger partial charge in [-0.05, 0) is 76.1 Å². The molecule has 1 atom stereocenters. The van der Waals surface area contributed by atoms with Crippen LogP contribution in [0.2, 0.25) is 0 Å². The van der Waals surface area contributed by atoms with Crippen molar-refractivity contribution in [3.8, 4) is 17.5 Å². The number of hydrogen-bond acceptors (Lipinski definition) is 7. The van der Waals surface area contributed by atoms with E-state index in [9.17, 15) is 24.3 Å². The highest BCUT2D eigenvalue weighted by atomic mass is 19.1. The largest absolute Gasteiger partial charge is 0.387 e. The number of nitriles is 1. The van der Waals surface area contributed by atoms with Gasteiger partial charge in [-0.3, -0.25) is 14.6 Å². The lowest BCUT2D eigenvalue weighted by atomic mass is 9.92. The van der Waals surface area contributed by atoms with Crippen LogP contribution < -0.4 is 10.6 Å². The molecule has 0 aliphatic carbocycles. The lowest BCUT2D eigenvalue weighted by Gasteiger charge is -2.36. The minimum atomic E-state index is -1.67. The zero-order valence-electron chi connectivity index (χ0n) is 24.6. The third-order valence-corrected chi connectivity index (χ3v) is 7.87. The normalized spacial score (nSPS) is 14.5. The summed E-state index contributed by atoms with van der Waals surface area (Å²) < 4.78 is 16.1. The number of benzene rings is 1. The SMILES string of the molecule is CC(C)(O)C(F)CNC(=O)c1cnc(-c2ccc3cc(C#N)cnn23)cc1Nc1ccc(C(C)(C)N2CCCC2=O)cc1. The number of carbonyl (C=O) groups is 2. The van der Waals surface area contributed by atoms with Crippen LogP contribution in [0, 0.1) is 11.3 Å². The quantitative estimate of drug-likeness (QED) is 0.260. The predicted molar refractivity (Wildman–Crippen MR) is 160 cm³/mol. The number of halogens is 1. The molecule has 4 aromatic rings. The Morgan fingerprint density at radius 2 is 1.88 bits per heavy atom. The summed E-state index contributed by atoms with van der Waals surface area (Å²) in [7, 11) is 0. The average molecular weight is 584 g/mol. The summed E-state index contributed by atoms with van der Waals surface area (Å²) in [6.07, 6.45) is 2.61. The first-order valence-electron chi connectivity index (χ1n) is 14.1. The van der Waals surface area contributed by atoms with Crippen molar-refractivity contribution in [1.82, 2.24) is 24.8 Å². The highest BCUT2D eigenvalue weighted by Gasteiger charge is 2.35. The van der Waals surface area contributed by atoms with Crippen LogP contribution in [0.15, 0.2) is 60.9 Å². The number of fused-ring (bicyclic) bond motifs is 1. The van der Waals surface area contributed by atoms with Gasteiger partial charge in [-0.1, -0.05) is 12.1 Å². The Morgan fingerprint density at radius 1 is 1.14 bits per heavy atom. The highest BCUT2D eigenvalue weighted by molar-refractivity contribution is 6.00. The van der Waals surface area contributed by atoms with Gasteiger partial charge in [0.1, 0.15) is 12.2 Å². The molecule has 3 aromatic heterocycles. The van der Waals surface area contributed by atoms with Gasteiger partial charge in [0.25, 0.3) is 5.91 Å². The van der Waals surface area contributed by atoms with Gasteiger partial charge in [0, 0.05) is 24.8 Å². The van der Waals surface area contributed by atoms with Crippen molar-refractivity contribution in [3.05, 3.63) is 77.6 Å². The van der Waals surface area contributed by atoms with Crippen molar-refractivity contribution in [2.75, 3.05) is 18.4 Å². The second-order valence-electron chi connectivity index (χ2n) is 11.8. The molecule has 0 radical (unpaired) electrons. The van der Waals surface area contributed by atoms with Crippen molar-refractivity contribution in [2.45, 2.75) is 57.8 Å². The van der Waals surface area contributed by atoms with Crippen molar-refractivity contribution in [3.63, 3.8) is 0 Å². The van der Waals surface area contributed by atoms with Crippen LogP contribution >= 0.6 is 0 Å². The standard InChI is InChI=1S/C32H34FN7O3/c1-31(2,39-13-5-6-29(39)41)21-7-9-22(10-8-21)38-25-15-26(27-12-11-23-14-20(16-34)17-37-40(23)27)35-18-24(25)30(42)36-19-28(33)32(3,4)43/h7-12,14-15,17-18,28,43H,5-6,13,19H2,1-4H3,(H,35,38)(H,36,42). The zero-order chi connectivity index (χ0) is 30.9. The number of anilines is 2. The molecule has 2 amide bonds. The van der Waals surface area contributed by atoms with Crippen LogP contribution in [0.3, 0.4) is 0 Å². The summed E-state index contributed by atoms with van der Waals surface area (Å²) in [5.41, 5.74) is 2.48. The summed E-state index contributed by atoms with van der Waals surface area (Å²) in [6.45, 7) is 7.07. The van der Waals surface area contributed by atoms with E-state index in [0.29, 0.717) is 40.3 Å². The number of alkyl halides is 1. The molecule has 3 N–H and O–H groups in total. The summed E-state index contributed by atoms with van der Waals surface area (Å²) in [4.78, 5) is 32.0. The molecule has 10 nitrogen and oxygen atoms in total. The Morgan fingerprint density at radius 3 is 2.53 bits per heavy atom. The third kappa shape index (κ3) is 6.05. The maximum Gasteiger partial charge on any atom is 0.255 e. The minimum Gasteiger partial charge on any atom is -0.387 e. The average Bonchev–Trinajstić information content (AvgIpc) is 3.61. The molecule has 1 saturated heterocycles. The Hall–Kier alpha value is -4.82. The maximum atomic E-state index is 14.4. The van der Waals surface area contributed by atoms with E-state index in [1.54, 1.807) is 16.6 Å². The predicted octanol–water partition coefficient (Wildman–Crippen LogP) is 4.71. The van der Waals surface area contributed by atoms with E-state index in [2.05, 4.69) is 26.8 Å². The van der Waals surface area contributed by atoms with Gasteiger partial charge < -0.3 is 20.6 Å². The van der Waals surface area contributed by atoms with E-state index in [4.69, 9.17) is 0 Å². The second kappa shape index (κ2) is 11.5. The van der Waals surface area contributed by atoms with E-state index in [-0.39, 0.29) is 18.0 Å². The number of aliphatic hydroxyl groups is 1. The Labute approximate surface area is 249 Å². The number of pyridine rings is 1. The van der Waals surface area contributed by atoms with Crippen LogP contribution in [0.5, 0.6) is 0 Å². The fourth-order valence-electron chi connectivity index (χ4n) is 5.17. The maximum absolute atomic E-state index is 14.4. The topological polar surface area (TPSA) is 136 Å². The van der Waals surface area contributed by atoms with Gasteiger partial charge in [-0.2, -0.15) is 10.4 Å². The first-order chi connectivity index (χ1) is 20.4. The molecule has 0 spiro atoms. The van der Waals surface area contributed by atoms with Gasteiger partial charge in [-0.15, -0.1) is 0 Å². The minimum absolute atomic E-state index is 0.142. The van der Waals surface area contributed by atoms with E-state index in [1.165, 1.54) is 26.2 Å². The zero-order valence-corrected chi connectivity index (χ0v) is 24.6. The first kappa shape index (κ1) is 29.7. The molecule has 1 aromatic carbocycles. The van der Waals surface area contributed by atoms with Gasteiger partial charge in [0.05, 0.1) is 57.6 Å². The monoisotopic (exact) mass is 583 g/mol. The molecule has 1 fully saturated rings. The summed E-state index contributed by atoms with van der Waals surface area (Å²) >= 11 is 0. The molecule has 0 saturated carbocycles. The molecular formula is C32H34FN7O3. The number of amides is 2. The van der Waals surface area contributed by atoms with Crippen molar-refractivity contribution < 1.29 is 19.1 Å². The van der Waals surface area contributed by atoms with Crippen molar-refractivity contribution in [2.24, 2.45) is 0 Å². The molecule has 1 unspecified atom stereocenters. The number of hydrogen-bond donors (Lipinski definition) is 3. The number of aromatic nitrogens is 3. The Balaban J connectivity index is 1.47. The van der Waals surface area contributed by atoms with E-state index >= 15 is 0 Å². The van der Waals surface area contributed by atoms with Crippen molar-refractivity contribution >= 4 is 28.7 Å². The van der Waals surface area contributed by atoms with Crippen LogP contribution in [0.1, 0.15) is 62.0 Å². The number of nitrogens with one attached hydrogen (secondary N) is 2. The number of likely N-dealkylation sites (tertiary alicyclic amines) is 1. The summed E-state index contributed by atoms with van der Waals surface area (Å²) in [5.74, 6) is -0.418. The third-order valence-electron chi connectivity index (χ3n) is 7.87. The summed E-state index contributed by atoms with van der Waals surface area (Å²) in [6, 6.07) is 16.8. The second-order valence-corrected chi connectivity index (χ2v) is 11.8. The molecule has 1 aliphatic rings. The van der Waals surface area contributed by atoms with Crippen LogP contribution in [0.25, 0.3) is 16.9 Å². The fourth-order valence-corrected chi connectivity index (χ4v) is 5.17. The van der Waals surface area contributed by atoms with E-state index < -0.39 is 23.2 Å². The van der Waals surface area contributed by atoms with Gasteiger partial charge in [-0.25, -0.2) is 8.91 Å². The van der Waals surface area contributed by atoms with Gasteiger partial charge in [0.15, 0.2) is 0 Å². The van der Waals surface area contributed by atoms with Gasteiger partial charge >= 0.3 is 0 Å². The number of carbonyl (C=O) groups excluding carboxylic acids is 2. The molecule has 43 heavy (non-hydrogen) atoms. The fraction of sp³-hybridized carbons (Fsp3) is 0.344. The van der Waals surface area contributed by atoms with Crippen LogP contribution in [-0.2, 0) is 10.3 Å². The van der Waals surface area contributed by atoms with Crippen LogP contribution in [-0.4, -0.2) is 61.3 Å². The number of nitrogens with zero attached hydrogens (tertiary/aromatic N) is 5. The summed E-state index contributed by atoms with van der Waals surface area (Å²) in [5, 5.41) is 29.4. The smallest absolute Gasteiger partial charge is 0.255 e. The Bertz CT molecular complexity index is 1720. The van der Waals surface area contributed by atoms with E-state index in [0.717, 1.165) is 18.5 Å². The van der Waals surface area contributed by atoms with Crippen LogP contribution in [0.4, 0.5) is 15.8 Å². The Kier molecular flexibility index (Phi) is 7.90. The molecule has 11 heteroatoms.